The van der Waals surface area contributed by atoms with Crippen molar-refractivity contribution >= 4 is 37.5 Å². The van der Waals surface area contributed by atoms with E-state index in [2.05, 4.69) is 20.0 Å². The highest BCUT2D eigenvalue weighted by molar-refractivity contribution is 7.88. The Morgan fingerprint density at radius 3 is 2.39 bits per heavy atom. The minimum Gasteiger partial charge on any atom is -0.480 e. The first-order chi connectivity index (χ1) is 15.6. The Morgan fingerprint density at radius 2 is 1.79 bits per heavy atom. The molecule has 0 saturated heterocycles. The summed E-state index contributed by atoms with van der Waals surface area (Å²) in [6.45, 7) is 5.96. The molecule has 1 amide bonds. The van der Waals surface area contributed by atoms with Crippen molar-refractivity contribution in [3.63, 3.8) is 0 Å². The zero-order chi connectivity index (χ0) is 24.2. The predicted molar refractivity (Wildman–Crippen MR) is 128 cm³/mol. The van der Waals surface area contributed by atoms with Gasteiger partial charge in [0.15, 0.2) is 5.82 Å². The Kier molecular flexibility index (Phi) is 8.01. The molecular formula is C22H28N4O5S2. The number of nitrogens with zero attached hydrogens (tertiary/aromatic N) is 2. The number of rotatable bonds is 10. The van der Waals surface area contributed by atoms with Gasteiger partial charge >= 0.3 is 0 Å². The number of fused-ring (bicyclic) bond motifs is 1. The third-order valence-corrected chi connectivity index (χ3v) is 7.45. The van der Waals surface area contributed by atoms with Crippen LogP contribution in [0, 0.1) is 6.92 Å². The third-order valence-electron chi connectivity index (χ3n) is 4.72. The van der Waals surface area contributed by atoms with Crippen LogP contribution in [-0.2, 0) is 33.7 Å². The van der Waals surface area contributed by atoms with Crippen molar-refractivity contribution in [3.05, 3.63) is 51.7 Å². The number of sulfonamides is 1. The summed E-state index contributed by atoms with van der Waals surface area (Å²) in [7, 11) is -0.293. The molecule has 9 nitrogen and oxygen atoms in total. The Morgan fingerprint density at radius 1 is 1.12 bits per heavy atom. The fraction of sp³-hybridized carbons (Fsp3) is 0.409. The predicted octanol–water partition coefficient (Wildman–Crippen LogP) is 2.91. The minimum atomic E-state index is -3.39. The summed E-state index contributed by atoms with van der Waals surface area (Å²) >= 11 is 1.28. The maximum absolute atomic E-state index is 12.9. The topological polar surface area (TPSA) is 120 Å². The first-order valence-corrected chi connectivity index (χ1v) is 12.8. The second-order valence-electron chi connectivity index (χ2n) is 7.85. The quantitative estimate of drug-likeness (QED) is 0.447. The smallest absolute Gasteiger partial charge is 0.261 e. The minimum absolute atomic E-state index is 0.0905. The van der Waals surface area contributed by atoms with E-state index < -0.39 is 10.0 Å². The second kappa shape index (κ2) is 10.6. The van der Waals surface area contributed by atoms with E-state index in [-0.39, 0.29) is 24.3 Å². The SMILES string of the molecule is COCc1nc(OC)c2c(C)c(C(=O)NCc3ccc(CS(=O)(=O)NC(C)C)cc3)sc2n1. The van der Waals surface area contributed by atoms with Gasteiger partial charge < -0.3 is 14.8 Å². The highest BCUT2D eigenvalue weighted by Crippen LogP contribution is 2.35. The summed E-state index contributed by atoms with van der Waals surface area (Å²) in [4.78, 5) is 22.9. The number of carbonyl (C=O) groups is 1. The number of nitrogens with one attached hydrogen (secondary N) is 2. The summed E-state index contributed by atoms with van der Waals surface area (Å²) in [5.41, 5.74) is 2.29. The second-order valence-corrected chi connectivity index (χ2v) is 10.6. The van der Waals surface area contributed by atoms with Crippen molar-refractivity contribution in [1.29, 1.82) is 0 Å². The highest BCUT2D eigenvalue weighted by atomic mass is 32.2. The van der Waals surface area contributed by atoms with Crippen molar-refractivity contribution in [2.75, 3.05) is 14.2 Å². The summed E-state index contributed by atoms with van der Waals surface area (Å²) in [6.07, 6.45) is 0. The van der Waals surface area contributed by atoms with E-state index in [1.165, 1.54) is 18.4 Å². The van der Waals surface area contributed by atoms with Crippen LogP contribution < -0.4 is 14.8 Å². The zero-order valence-electron chi connectivity index (χ0n) is 19.3. The monoisotopic (exact) mass is 492 g/mol. The number of ether oxygens (including phenoxy) is 2. The summed E-state index contributed by atoms with van der Waals surface area (Å²) < 4.78 is 37.2. The van der Waals surface area contributed by atoms with Crippen LogP contribution >= 0.6 is 11.3 Å². The summed E-state index contributed by atoms with van der Waals surface area (Å²) in [5.74, 6) is 0.587. The van der Waals surface area contributed by atoms with Gasteiger partial charge in [0, 0.05) is 19.7 Å². The Bertz CT molecular complexity index is 1240. The number of aryl methyl sites for hydroxylation is 1. The molecule has 3 aromatic rings. The average molecular weight is 493 g/mol. The van der Waals surface area contributed by atoms with Gasteiger partial charge in [-0.25, -0.2) is 18.1 Å². The van der Waals surface area contributed by atoms with E-state index in [9.17, 15) is 13.2 Å². The summed E-state index contributed by atoms with van der Waals surface area (Å²) in [6, 6.07) is 6.97. The molecule has 2 aromatic heterocycles. The van der Waals surface area contributed by atoms with Gasteiger partial charge in [-0.2, -0.15) is 4.98 Å². The number of hydrogen-bond donors (Lipinski definition) is 2. The Labute approximate surface area is 197 Å². The molecule has 0 fully saturated rings. The molecule has 0 bridgehead atoms. The lowest BCUT2D eigenvalue weighted by molar-refractivity contribution is 0.0954. The first kappa shape index (κ1) is 25.0. The van der Waals surface area contributed by atoms with Crippen LogP contribution in [-0.4, -0.2) is 44.6 Å². The van der Waals surface area contributed by atoms with Crippen LogP contribution in [0.15, 0.2) is 24.3 Å². The van der Waals surface area contributed by atoms with E-state index in [1.54, 1.807) is 33.1 Å². The van der Waals surface area contributed by atoms with Crippen molar-refractivity contribution in [2.45, 2.75) is 45.7 Å². The zero-order valence-corrected chi connectivity index (χ0v) is 20.9. The van der Waals surface area contributed by atoms with Crippen LogP contribution in [0.2, 0.25) is 0 Å². The molecule has 0 atom stereocenters. The number of amides is 1. The van der Waals surface area contributed by atoms with Gasteiger partial charge in [0.05, 0.1) is 23.1 Å². The molecule has 0 aliphatic heterocycles. The maximum atomic E-state index is 12.9. The van der Waals surface area contributed by atoms with Crippen LogP contribution in [0.25, 0.3) is 10.2 Å². The van der Waals surface area contributed by atoms with Gasteiger partial charge in [-0.1, -0.05) is 24.3 Å². The van der Waals surface area contributed by atoms with Crippen LogP contribution in [0.5, 0.6) is 5.88 Å². The third kappa shape index (κ3) is 6.26. The molecule has 0 aliphatic carbocycles. The van der Waals surface area contributed by atoms with Crippen LogP contribution in [0.1, 0.15) is 46.0 Å². The number of methoxy groups -OCH3 is 2. The molecular weight excluding hydrogens is 464 g/mol. The number of thiophene rings is 1. The molecule has 0 saturated carbocycles. The maximum Gasteiger partial charge on any atom is 0.261 e. The molecule has 2 N–H and O–H groups in total. The molecule has 33 heavy (non-hydrogen) atoms. The van der Waals surface area contributed by atoms with Gasteiger partial charge in [0.25, 0.3) is 5.91 Å². The van der Waals surface area contributed by atoms with E-state index in [1.807, 2.05) is 19.1 Å². The lowest BCUT2D eigenvalue weighted by atomic mass is 10.1. The molecule has 0 radical (unpaired) electrons. The van der Waals surface area contributed by atoms with Gasteiger partial charge in [-0.3, -0.25) is 4.79 Å². The van der Waals surface area contributed by atoms with Gasteiger partial charge in [-0.15, -0.1) is 11.3 Å². The Hall–Kier alpha value is -2.60. The molecule has 1 aromatic carbocycles. The fourth-order valence-corrected chi connectivity index (χ4v) is 5.88. The number of hydrogen-bond acceptors (Lipinski definition) is 8. The fourth-order valence-electron chi connectivity index (χ4n) is 3.34. The normalized spacial score (nSPS) is 11.8. The lowest BCUT2D eigenvalue weighted by Crippen LogP contribution is -2.31. The number of benzene rings is 1. The largest absolute Gasteiger partial charge is 0.480 e. The standard InChI is InChI=1S/C22H28N4O5S2/c1-13(2)26-33(28,29)12-16-8-6-15(7-9-16)10-23-20(27)19-14(3)18-21(31-5)24-17(11-30-4)25-22(18)32-19/h6-9,13,26H,10-12H2,1-5H3,(H,23,27). The average Bonchev–Trinajstić information content (AvgIpc) is 3.08. The molecule has 178 valence electrons. The van der Waals surface area contributed by atoms with E-state index >= 15 is 0 Å². The molecule has 2 heterocycles. The van der Waals surface area contributed by atoms with Gasteiger partial charge in [-0.05, 0) is 37.5 Å². The van der Waals surface area contributed by atoms with E-state index in [0.29, 0.717) is 38.9 Å². The van der Waals surface area contributed by atoms with Gasteiger partial charge in [0.2, 0.25) is 15.9 Å². The van der Waals surface area contributed by atoms with Gasteiger partial charge in [0.1, 0.15) is 11.4 Å². The first-order valence-electron chi connectivity index (χ1n) is 10.3. The summed E-state index contributed by atoms with van der Waals surface area (Å²) in [5, 5.41) is 3.63. The van der Waals surface area contributed by atoms with Crippen molar-refractivity contribution in [1.82, 2.24) is 20.0 Å². The van der Waals surface area contributed by atoms with Crippen molar-refractivity contribution < 1.29 is 22.7 Å². The molecule has 11 heteroatoms. The molecule has 0 aliphatic rings. The van der Waals surface area contributed by atoms with Crippen LogP contribution in [0.3, 0.4) is 0 Å². The highest BCUT2D eigenvalue weighted by Gasteiger charge is 2.21. The number of aromatic nitrogens is 2. The molecule has 0 spiro atoms. The lowest BCUT2D eigenvalue weighted by Gasteiger charge is -2.10. The van der Waals surface area contributed by atoms with Crippen LogP contribution in [0.4, 0.5) is 0 Å². The number of carbonyl (C=O) groups excluding carboxylic acids is 1. The van der Waals surface area contributed by atoms with Crippen molar-refractivity contribution in [2.24, 2.45) is 0 Å². The van der Waals surface area contributed by atoms with E-state index in [0.717, 1.165) is 11.1 Å². The Balaban J connectivity index is 1.71. The molecule has 0 unspecified atom stereocenters. The van der Waals surface area contributed by atoms with E-state index in [4.69, 9.17) is 9.47 Å². The van der Waals surface area contributed by atoms with Crippen molar-refractivity contribution in [3.8, 4) is 5.88 Å². The molecule has 3 rings (SSSR count).